The van der Waals surface area contributed by atoms with Gasteiger partial charge in [-0.05, 0) is 53.6 Å². The van der Waals surface area contributed by atoms with Crippen LogP contribution in [0, 0.1) is 0 Å². The molecular weight excluding hydrogens is 234 g/mol. The summed E-state index contributed by atoms with van der Waals surface area (Å²) < 4.78 is 0. The van der Waals surface area contributed by atoms with Gasteiger partial charge in [0.05, 0.1) is 6.04 Å². The van der Waals surface area contributed by atoms with Crippen molar-refractivity contribution in [1.29, 1.82) is 0 Å². The molecule has 0 aliphatic heterocycles. The lowest BCUT2D eigenvalue weighted by atomic mass is 10.1. The van der Waals surface area contributed by atoms with Gasteiger partial charge in [0.15, 0.2) is 0 Å². The molecule has 4 heteroatoms. The van der Waals surface area contributed by atoms with Crippen LogP contribution in [0.2, 0.25) is 0 Å². The lowest BCUT2D eigenvalue weighted by Gasteiger charge is -2.12. The molecule has 17 heavy (non-hydrogen) atoms. The van der Waals surface area contributed by atoms with Crippen molar-refractivity contribution >= 4 is 17.2 Å². The van der Waals surface area contributed by atoms with E-state index in [9.17, 15) is 4.79 Å². The molecule has 2 rings (SSSR count). The average Bonchev–Trinajstić information content (AvgIpc) is 2.83. The van der Waals surface area contributed by atoms with Crippen LogP contribution < -0.4 is 5.32 Å². The van der Waals surface area contributed by atoms with Crippen LogP contribution in [0.3, 0.4) is 0 Å². The highest BCUT2D eigenvalue weighted by atomic mass is 32.1. The molecule has 2 aromatic rings. The fourth-order valence-electron chi connectivity index (χ4n) is 1.50. The summed E-state index contributed by atoms with van der Waals surface area (Å²) in [6, 6.07) is 8.19. The van der Waals surface area contributed by atoms with E-state index < -0.39 is 0 Å². The van der Waals surface area contributed by atoms with Crippen LogP contribution >= 0.6 is 11.3 Å². The van der Waals surface area contributed by atoms with Gasteiger partial charge in [0.1, 0.15) is 5.75 Å². The molecule has 1 amide bonds. The number of phenols is 1. The van der Waals surface area contributed by atoms with Crippen molar-refractivity contribution in [2.24, 2.45) is 0 Å². The Labute approximate surface area is 104 Å². The first-order valence-electron chi connectivity index (χ1n) is 5.29. The summed E-state index contributed by atoms with van der Waals surface area (Å²) in [6.45, 7) is 1.94. The van der Waals surface area contributed by atoms with E-state index in [1.807, 2.05) is 23.8 Å². The first-order valence-corrected chi connectivity index (χ1v) is 6.23. The van der Waals surface area contributed by atoms with E-state index in [4.69, 9.17) is 5.11 Å². The molecule has 1 aromatic carbocycles. The molecule has 0 aliphatic carbocycles. The van der Waals surface area contributed by atoms with Crippen LogP contribution in [0.15, 0.2) is 41.1 Å². The fraction of sp³-hybridized carbons (Fsp3) is 0.154. The third-order valence-corrected chi connectivity index (χ3v) is 3.22. The van der Waals surface area contributed by atoms with Crippen molar-refractivity contribution in [2.75, 3.05) is 0 Å². The molecule has 1 atom stereocenters. The van der Waals surface area contributed by atoms with Crippen molar-refractivity contribution in [3.63, 3.8) is 0 Å². The maximum atomic E-state index is 11.9. The summed E-state index contributed by atoms with van der Waals surface area (Å²) in [5, 5.41) is 16.0. The van der Waals surface area contributed by atoms with Gasteiger partial charge in [-0.25, -0.2) is 0 Å². The average molecular weight is 247 g/mol. The maximum Gasteiger partial charge on any atom is 0.251 e. The number of hydrogen-bond donors (Lipinski definition) is 2. The molecule has 0 saturated heterocycles. The van der Waals surface area contributed by atoms with Crippen LogP contribution in [0.4, 0.5) is 0 Å². The summed E-state index contributed by atoms with van der Waals surface area (Å²) in [5.41, 5.74) is 1.65. The lowest BCUT2D eigenvalue weighted by molar-refractivity contribution is 0.0940. The van der Waals surface area contributed by atoms with Gasteiger partial charge in [0.2, 0.25) is 0 Å². The Hall–Kier alpha value is -1.81. The Bertz CT molecular complexity index is 491. The van der Waals surface area contributed by atoms with E-state index in [2.05, 4.69) is 5.32 Å². The Kier molecular flexibility index (Phi) is 3.44. The molecule has 2 N–H and O–H groups in total. The van der Waals surface area contributed by atoms with Gasteiger partial charge in [0, 0.05) is 5.56 Å². The highest BCUT2D eigenvalue weighted by Gasteiger charge is 2.11. The lowest BCUT2D eigenvalue weighted by Crippen LogP contribution is -2.26. The first kappa shape index (κ1) is 11.7. The number of aromatic hydroxyl groups is 1. The summed E-state index contributed by atoms with van der Waals surface area (Å²) in [5.74, 6) is 0.0242. The first-order chi connectivity index (χ1) is 8.16. The SMILES string of the molecule is CC(NC(=O)c1ccc(O)cc1)c1ccsc1. The molecule has 0 fully saturated rings. The second kappa shape index (κ2) is 5.01. The molecule has 0 aliphatic rings. The zero-order chi connectivity index (χ0) is 12.3. The molecule has 0 bridgehead atoms. The minimum atomic E-state index is -0.135. The predicted molar refractivity (Wildman–Crippen MR) is 68.3 cm³/mol. The number of amides is 1. The topological polar surface area (TPSA) is 49.3 Å². The fourth-order valence-corrected chi connectivity index (χ4v) is 2.25. The van der Waals surface area contributed by atoms with E-state index in [-0.39, 0.29) is 17.7 Å². The number of thiophene rings is 1. The monoisotopic (exact) mass is 247 g/mol. The smallest absolute Gasteiger partial charge is 0.251 e. The minimum Gasteiger partial charge on any atom is -0.508 e. The standard InChI is InChI=1S/C13H13NO2S/c1-9(11-6-7-17-8-11)14-13(16)10-2-4-12(15)5-3-10/h2-9,15H,1H3,(H,14,16). The van der Waals surface area contributed by atoms with Crippen LogP contribution in [0.5, 0.6) is 5.75 Å². The third kappa shape index (κ3) is 2.85. The van der Waals surface area contributed by atoms with Gasteiger partial charge in [0.25, 0.3) is 5.91 Å². The van der Waals surface area contributed by atoms with E-state index in [0.29, 0.717) is 5.56 Å². The second-order valence-electron chi connectivity index (χ2n) is 3.80. The van der Waals surface area contributed by atoms with Crippen molar-refractivity contribution in [3.8, 4) is 5.75 Å². The van der Waals surface area contributed by atoms with Gasteiger partial charge >= 0.3 is 0 Å². The number of nitrogens with one attached hydrogen (secondary N) is 1. The molecule has 0 saturated carbocycles. The second-order valence-corrected chi connectivity index (χ2v) is 4.58. The largest absolute Gasteiger partial charge is 0.508 e. The number of carbonyl (C=O) groups excluding carboxylic acids is 1. The summed E-state index contributed by atoms with van der Waals surface area (Å²) in [4.78, 5) is 11.9. The summed E-state index contributed by atoms with van der Waals surface area (Å²) >= 11 is 1.61. The number of hydrogen-bond acceptors (Lipinski definition) is 3. The zero-order valence-corrected chi connectivity index (χ0v) is 10.2. The van der Waals surface area contributed by atoms with Gasteiger partial charge in [-0.2, -0.15) is 11.3 Å². The molecule has 1 aromatic heterocycles. The molecule has 0 radical (unpaired) electrons. The number of carbonyl (C=O) groups is 1. The summed E-state index contributed by atoms with van der Waals surface area (Å²) in [6.07, 6.45) is 0. The van der Waals surface area contributed by atoms with E-state index >= 15 is 0 Å². The maximum absolute atomic E-state index is 11.9. The Morgan fingerprint density at radius 3 is 2.59 bits per heavy atom. The van der Waals surface area contributed by atoms with Crippen LogP contribution in [-0.4, -0.2) is 11.0 Å². The van der Waals surface area contributed by atoms with E-state index in [1.54, 1.807) is 23.5 Å². The van der Waals surface area contributed by atoms with Crippen molar-refractivity contribution in [1.82, 2.24) is 5.32 Å². The summed E-state index contributed by atoms with van der Waals surface area (Å²) in [7, 11) is 0. The molecule has 88 valence electrons. The molecule has 3 nitrogen and oxygen atoms in total. The zero-order valence-electron chi connectivity index (χ0n) is 9.38. The van der Waals surface area contributed by atoms with Crippen LogP contribution in [-0.2, 0) is 0 Å². The highest BCUT2D eigenvalue weighted by Crippen LogP contribution is 2.16. The number of phenolic OH excluding ortho intramolecular Hbond substituents is 1. The van der Waals surface area contributed by atoms with E-state index in [0.717, 1.165) is 5.56 Å². The van der Waals surface area contributed by atoms with Gasteiger partial charge in [-0.1, -0.05) is 0 Å². The van der Waals surface area contributed by atoms with Gasteiger partial charge in [-0.15, -0.1) is 0 Å². The van der Waals surface area contributed by atoms with Crippen molar-refractivity contribution in [3.05, 3.63) is 52.2 Å². The van der Waals surface area contributed by atoms with E-state index in [1.165, 1.54) is 12.1 Å². The minimum absolute atomic E-state index is 0.0115. The van der Waals surface area contributed by atoms with Gasteiger partial charge in [-0.3, -0.25) is 4.79 Å². The number of rotatable bonds is 3. The normalized spacial score (nSPS) is 12.1. The molecule has 1 heterocycles. The Morgan fingerprint density at radius 2 is 2.00 bits per heavy atom. The number of benzene rings is 1. The van der Waals surface area contributed by atoms with Crippen molar-refractivity contribution in [2.45, 2.75) is 13.0 Å². The van der Waals surface area contributed by atoms with Crippen LogP contribution in [0.1, 0.15) is 28.9 Å². The Balaban J connectivity index is 2.04. The quantitative estimate of drug-likeness (QED) is 0.876. The van der Waals surface area contributed by atoms with Crippen molar-refractivity contribution < 1.29 is 9.90 Å². The van der Waals surface area contributed by atoms with Gasteiger partial charge < -0.3 is 10.4 Å². The van der Waals surface area contributed by atoms with Crippen LogP contribution in [0.25, 0.3) is 0 Å². The molecule has 1 unspecified atom stereocenters. The Morgan fingerprint density at radius 1 is 1.29 bits per heavy atom. The molecular formula is C13H13NO2S. The highest BCUT2D eigenvalue weighted by molar-refractivity contribution is 7.07. The predicted octanol–water partition coefficient (Wildman–Crippen LogP) is 2.94. The third-order valence-electron chi connectivity index (χ3n) is 2.52. The molecule has 0 spiro atoms.